The van der Waals surface area contributed by atoms with E-state index in [9.17, 15) is 4.79 Å². The van der Waals surface area contributed by atoms with Crippen LogP contribution in [0.2, 0.25) is 0 Å². The zero-order valence-corrected chi connectivity index (χ0v) is 21.0. The molecule has 2 saturated heterocycles. The number of likely N-dealkylation sites (tertiary alicyclic amines) is 1. The second kappa shape index (κ2) is 11.2. The topological polar surface area (TPSA) is 103 Å². The Morgan fingerprint density at radius 3 is 2.81 bits per heavy atom. The molecule has 8 nitrogen and oxygen atoms in total. The minimum absolute atomic E-state index is 0.129. The molecule has 0 saturated carbocycles. The van der Waals surface area contributed by atoms with E-state index < -0.39 is 0 Å². The quantitative estimate of drug-likeness (QED) is 0.440. The molecule has 2 aliphatic heterocycles. The molecule has 2 aliphatic rings. The van der Waals surface area contributed by atoms with Gasteiger partial charge in [0.15, 0.2) is 5.13 Å². The Morgan fingerprint density at radius 1 is 1.17 bits per heavy atom. The Kier molecular flexibility index (Phi) is 7.56. The maximum absolute atomic E-state index is 13.0. The lowest BCUT2D eigenvalue weighted by Gasteiger charge is -2.37. The Bertz CT molecular complexity index is 1220. The first-order valence-corrected chi connectivity index (χ1v) is 13.3. The highest BCUT2D eigenvalue weighted by Crippen LogP contribution is 2.34. The summed E-state index contributed by atoms with van der Waals surface area (Å²) in [5.74, 6) is 0.503. The molecular weight excluding hydrogens is 472 g/mol. The number of hydrogen-bond acceptors (Lipinski definition) is 8. The van der Waals surface area contributed by atoms with Crippen LogP contribution >= 0.6 is 11.3 Å². The molecule has 0 spiro atoms. The van der Waals surface area contributed by atoms with E-state index in [0.717, 1.165) is 37.9 Å². The van der Waals surface area contributed by atoms with Crippen LogP contribution in [0.15, 0.2) is 53.9 Å². The number of aromatic nitrogens is 2. The second-order valence-electron chi connectivity index (χ2n) is 9.34. The largest absolute Gasteiger partial charge is 0.381 e. The van der Waals surface area contributed by atoms with Crippen LogP contribution in [0.1, 0.15) is 53.5 Å². The maximum atomic E-state index is 13.0. The lowest BCUT2D eigenvalue weighted by Crippen LogP contribution is -2.44. The highest BCUT2D eigenvalue weighted by atomic mass is 32.1. The molecule has 4 heterocycles. The van der Waals surface area contributed by atoms with Gasteiger partial charge in [-0.25, -0.2) is 9.97 Å². The molecule has 2 N–H and O–H groups in total. The molecule has 2 aromatic heterocycles. The monoisotopic (exact) mass is 502 g/mol. The molecule has 36 heavy (non-hydrogen) atoms. The van der Waals surface area contributed by atoms with Crippen molar-refractivity contribution >= 4 is 28.2 Å². The van der Waals surface area contributed by atoms with Crippen LogP contribution in [-0.4, -0.2) is 53.6 Å². The van der Waals surface area contributed by atoms with E-state index in [1.54, 1.807) is 5.38 Å². The van der Waals surface area contributed by atoms with Crippen molar-refractivity contribution in [2.24, 2.45) is 0 Å². The first-order chi connectivity index (χ1) is 17.7. The fourth-order valence-electron chi connectivity index (χ4n) is 5.15. The van der Waals surface area contributed by atoms with Gasteiger partial charge in [0.2, 0.25) is 0 Å². The molecule has 3 aromatic rings. The number of thiazole rings is 1. The van der Waals surface area contributed by atoms with Crippen molar-refractivity contribution in [3.63, 3.8) is 0 Å². The third-order valence-corrected chi connectivity index (χ3v) is 7.90. The highest BCUT2D eigenvalue weighted by Gasteiger charge is 2.35. The van der Waals surface area contributed by atoms with Gasteiger partial charge in [-0.15, -0.1) is 11.3 Å². The molecule has 0 aliphatic carbocycles. The number of amides is 1. The van der Waals surface area contributed by atoms with E-state index in [1.165, 1.54) is 16.9 Å². The number of carbonyl (C=O) groups is 1. The molecule has 186 valence electrons. The standard InChI is InChI=1S/C27H30N6O2S/c28-13-15-33-14-5-9-23(33)21-8-4-10-24(30-21)32-26-31-22(18-36-26)25(34)29-19-27(11-16-35-17-12-27)20-6-2-1-3-7-20/h1-4,6-8,10,18,23H,5,9,11-12,14-17,19H2,(H,29,34)(H,30,31,32)/t23-/m1/s1. The third-order valence-electron chi connectivity index (χ3n) is 7.14. The van der Waals surface area contributed by atoms with Gasteiger partial charge in [-0.05, 0) is 49.9 Å². The lowest BCUT2D eigenvalue weighted by molar-refractivity contribution is 0.0487. The molecule has 0 unspecified atom stereocenters. The van der Waals surface area contributed by atoms with Gasteiger partial charge >= 0.3 is 0 Å². The van der Waals surface area contributed by atoms with Gasteiger partial charge in [0.25, 0.3) is 5.91 Å². The summed E-state index contributed by atoms with van der Waals surface area (Å²) < 4.78 is 5.60. The van der Waals surface area contributed by atoms with Crippen molar-refractivity contribution in [3.05, 3.63) is 70.9 Å². The average Bonchev–Trinajstić information content (AvgIpc) is 3.59. The van der Waals surface area contributed by atoms with Crippen LogP contribution in [0.25, 0.3) is 0 Å². The van der Waals surface area contributed by atoms with Gasteiger partial charge in [-0.1, -0.05) is 36.4 Å². The zero-order valence-electron chi connectivity index (χ0n) is 20.2. The average molecular weight is 503 g/mol. The predicted octanol–water partition coefficient (Wildman–Crippen LogP) is 4.42. The van der Waals surface area contributed by atoms with E-state index in [-0.39, 0.29) is 17.4 Å². The third kappa shape index (κ3) is 5.41. The second-order valence-corrected chi connectivity index (χ2v) is 10.2. The van der Waals surface area contributed by atoms with Crippen molar-refractivity contribution < 1.29 is 9.53 Å². The number of nitrogens with zero attached hydrogens (tertiary/aromatic N) is 4. The van der Waals surface area contributed by atoms with Crippen LogP contribution in [0.5, 0.6) is 0 Å². The van der Waals surface area contributed by atoms with Gasteiger partial charge in [-0.2, -0.15) is 5.26 Å². The maximum Gasteiger partial charge on any atom is 0.270 e. The molecule has 2 fully saturated rings. The molecule has 9 heteroatoms. The van der Waals surface area contributed by atoms with Crippen molar-refractivity contribution in [2.75, 3.05) is 38.2 Å². The van der Waals surface area contributed by atoms with Crippen molar-refractivity contribution in [1.82, 2.24) is 20.2 Å². The number of ether oxygens (including phenoxy) is 1. The van der Waals surface area contributed by atoms with Gasteiger partial charge in [0.05, 0.1) is 24.3 Å². The van der Waals surface area contributed by atoms with Crippen molar-refractivity contribution in [3.8, 4) is 6.07 Å². The molecular formula is C27H30N6O2S. The van der Waals surface area contributed by atoms with Crippen LogP contribution in [-0.2, 0) is 10.2 Å². The molecule has 1 aromatic carbocycles. The fourth-order valence-corrected chi connectivity index (χ4v) is 5.85. The molecule has 5 rings (SSSR count). The summed E-state index contributed by atoms with van der Waals surface area (Å²) in [6.45, 7) is 3.26. The van der Waals surface area contributed by atoms with Gasteiger partial charge in [0, 0.05) is 30.6 Å². The van der Waals surface area contributed by atoms with E-state index in [2.05, 4.69) is 38.7 Å². The summed E-state index contributed by atoms with van der Waals surface area (Å²) >= 11 is 1.38. The van der Waals surface area contributed by atoms with Gasteiger partial charge < -0.3 is 15.4 Å². The van der Waals surface area contributed by atoms with Gasteiger partial charge in [0.1, 0.15) is 11.5 Å². The summed E-state index contributed by atoms with van der Waals surface area (Å²) in [5.41, 5.74) is 2.45. The highest BCUT2D eigenvalue weighted by molar-refractivity contribution is 7.14. The molecule has 0 radical (unpaired) electrons. The Balaban J connectivity index is 1.23. The number of pyridine rings is 1. The number of nitrogens with one attached hydrogen (secondary N) is 2. The summed E-state index contributed by atoms with van der Waals surface area (Å²) in [5, 5.41) is 17.9. The smallest absolute Gasteiger partial charge is 0.270 e. The van der Waals surface area contributed by atoms with Crippen LogP contribution in [0.3, 0.4) is 0 Å². The van der Waals surface area contributed by atoms with Crippen molar-refractivity contribution in [1.29, 1.82) is 5.26 Å². The Hall–Kier alpha value is -3.32. The van der Waals surface area contributed by atoms with Crippen molar-refractivity contribution in [2.45, 2.75) is 37.1 Å². The Labute approximate surface area is 215 Å². The molecule has 1 amide bonds. The summed E-state index contributed by atoms with van der Waals surface area (Å²) in [6, 6.07) is 18.6. The summed E-state index contributed by atoms with van der Waals surface area (Å²) in [6.07, 6.45) is 3.80. The summed E-state index contributed by atoms with van der Waals surface area (Å²) in [4.78, 5) is 24.4. The van der Waals surface area contributed by atoms with Crippen LogP contribution in [0, 0.1) is 11.3 Å². The summed E-state index contributed by atoms with van der Waals surface area (Å²) in [7, 11) is 0. The normalized spacial score (nSPS) is 19.5. The number of carbonyl (C=O) groups excluding carboxylic acids is 1. The van der Waals surface area contributed by atoms with E-state index in [1.807, 2.05) is 36.4 Å². The Morgan fingerprint density at radius 2 is 2.00 bits per heavy atom. The zero-order chi connectivity index (χ0) is 24.8. The molecule has 1 atom stereocenters. The number of hydrogen-bond donors (Lipinski definition) is 2. The fraction of sp³-hybridized carbons (Fsp3) is 0.407. The minimum atomic E-state index is -0.180. The van der Waals surface area contributed by atoms with Crippen LogP contribution < -0.4 is 10.6 Å². The number of rotatable bonds is 8. The SMILES string of the molecule is N#CCN1CCC[C@@H]1c1cccc(Nc2nc(C(=O)NCC3(c4ccccc4)CCOCC3)cs2)n1. The lowest BCUT2D eigenvalue weighted by atomic mass is 9.74. The van der Waals surface area contributed by atoms with Crippen LogP contribution in [0.4, 0.5) is 10.9 Å². The first kappa shape index (κ1) is 24.4. The van der Waals surface area contributed by atoms with E-state index in [0.29, 0.717) is 42.9 Å². The minimum Gasteiger partial charge on any atom is -0.381 e. The van der Waals surface area contributed by atoms with E-state index >= 15 is 0 Å². The number of nitriles is 1. The molecule has 0 bridgehead atoms. The predicted molar refractivity (Wildman–Crippen MR) is 139 cm³/mol. The first-order valence-electron chi connectivity index (χ1n) is 12.4. The van der Waals surface area contributed by atoms with E-state index in [4.69, 9.17) is 15.0 Å². The number of benzene rings is 1. The number of anilines is 2. The van der Waals surface area contributed by atoms with Gasteiger partial charge in [-0.3, -0.25) is 9.69 Å².